The van der Waals surface area contributed by atoms with Gasteiger partial charge in [0.1, 0.15) is 5.69 Å². The van der Waals surface area contributed by atoms with Crippen LogP contribution in [0.4, 0.5) is 5.69 Å². The van der Waals surface area contributed by atoms with Crippen molar-refractivity contribution in [2.75, 3.05) is 5.32 Å². The van der Waals surface area contributed by atoms with Crippen LogP contribution < -0.4 is 5.32 Å². The van der Waals surface area contributed by atoms with Crippen LogP contribution in [0.5, 0.6) is 0 Å². The molecule has 0 fully saturated rings. The molecule has 5 aromatic heterocycles. The largest absolute Gasteiger partial charge is 0.353 e. The Bertz CT molecular complexity index is 1700. The number of aromatic amines is 2. The lowest BCUT2D eigenvalue weighted by Gasteiger charge is -2.06. The fourth-order valence-corrected chi connectivity index (χ4v) is 4.41. The molecule has 1 aromatic carbocycles. The molecule has 0 aliphatic carbocycles. The summed E-state index contributed by atoms with van der Waals surface area (Å²) >= 11 is 0. The predicted molar refractivity (Wildman–Crippen MR) is 141 cm³/mol. The SMILES string of the molecule is CCCC(=O)Nc1cncc(-c2cc3c(-c4cc5c(-c6ccccn6)cccc5[nH]4)n[nH]c3cn2)c1. The van der Waals surface area contributed by atoms with Crippen molar-refractivity contribution in [3.63, 3.8) is 0 Å². The molecule has 8 nitrogen and oxygen atoms in total. The van der Waals surface area contributed by atoms with E-state index in [9.17, 15) is 4.79 Å². The second kappa shape index (κ2) is 9.07. The molecule has 3 N–H and O–H groups in total. The first-order valence-electron chi connectivity index (χ1n) is 11.8. The molecule has 0 saturated carbocycles. The average Bonchev–Trinajstić information content (AvgIpc) is 3.53. The molecule has 0 aliphatic rings. The summed E-state index contributed by atoms with van der Waals surface area (Å²) in [7, 11) is 0. The third-order valence-corrected chi connectivity index (χ3v) is 6.10. The van der Waals surface area contributed by atoms with E-state index in [0.717, 1.165) is 62.1 Å². The quantitative estimate of drug-likeness (QED) is 0.276. The highest BCUT2D eigenvalue weighted by Crippen LogP contribution is 2.34. The molecule has 6 aromatic rings. The summed E-state index contributed by atoms with van der Waals surface area (Å²) in [5.74, 6) is -0.0270. The van der Waals surface area contributed by atoms with Crippen LogP contribution in [0.3, 0.4) is 0 Å². The Labute approximate surface area is 206 Å². The van der Waals surface area contributed by atoms with E-state index in [-0.39, 0.29) is 5.91 Å². The van der Waals surface area contributed by atoms with E-state index in [1.165, 1.54) is 0 Å². The second-order valence-electron chi connectivity index (χ2n) is 8.61. The first-order valence-corrected chi connectivity index (χ1v) is 11.8. The van der Waals surface area contributed by atoms with Crippen LogP contribution in [-0.2, 0) is 4.79 Å². The number of aromatic nitrogens is 6. The summed E-state index contributed by atoms with van der Waals surface area (Å²) in [6.07, 6.45) is 8.22. The van der Waals surface area contributed by atoms with Crippen LogP contribution in [-0.4, -0.2) is 36.0 Å². The van der Waals surface area contributed by atoms with Gasteiger partial charge in [-0.15, -0.1) is 0 Å². The Morgan fingerprint density at radius 1 is 0.917 bits per heavy atom. The minimum Gasteiger partial charge on any atom is -0.353 e. The number of amides is 1. The van der Waals surface area contributed by atoms with Crippen LogP contribution >= 0.6 is 0 Å². The Kier molecular flexibility index (Phi) is 5.46. The van der Waals surface area contributed by atoms with Crippen LogP contribution in [0.1, 0.15) is 19.8 Å². The highest BCUT2D eigenvalue weighted by Gasteiger charge is 2.15. The molecule has 0 spiro atoms. The van der Waals surface area contributed by atoms with Crippen molar-refractivity contribution in [2.45, 2.75) is 19.8 Å². The fourth-order valence-electron chi connectivity index (χ4n) is 4.41. The molecule has 0 atom stereocenters. The summed E-state index contributed by atoms with van der Waals surface area (Å²) < 4.78 is 0. The molecule has 36 heavy (non-hydrogen) atoms. The van der Waals surface area contributed by atoms with E-state index in [4.69, 9.17) is 0 Å². The monoisotopic (exact) mass is 473 g/mol. The fraction of sp³-hybridized carbons (Fsp3) is 0.107. The van der Waals surface area contributed by atoms with E-state index < -0.39 is 0 Å². The lowest BCUT2D eigenvalue weighted by atomic mass is 10.1. The second-order valence-corrected chi connectivity index (χ2v) is 8.61. The average molecular weight is 474 g/mol. The minimum absolute atomic E-state index is 0.0270. The summed E-state index contributed by atoms with van der Waals surface area (Å²) in [4.78, 5) is 28.9. The number of fused-ring (bicyclic) bond motifs is 2. The van der Waals surface area contributed by atoms with Crippen LogP contribution in [0, 0.1) is 0 Å². The molecule has 0 bridgehead atoms. The van der Waals surface area contributed by atoms with Gasteiger partial charge < -0.3 is 10.3 Å². The number of carbonyl (C=O) groups excluding carboxylic acids is 1. The highest BCUT2D eigenvalue weighted by atomic mass is 16.1. The number of H-pyrrole nitrogens is 2. The van der Waals surface area contributed by atoms with Gasteiger partial charge in [-0.2, -0.15) is 5.10 Å². The maximum absolute atomic E-state index is 12.0. The van der Waals surface area contributed by atoms with Gasteiger partial charge in [0, 0.05) is 46.2 Å². The lowest BCUT2D eigenvalue weighted by molar-refractivity contribution is -0.116. The Morgan fingerprint density at radius 2 is 1.86 bits per heavy atom. The third kappa shape index (κ3) is 3.98. The number of nitrogens with zero attached hydrogens (tertiary/aromatic N) is 4. The zero-order valence-corrected chi connectivity index (χ0v) is 19.6. The minimum atomic E-state index is -0.0270. The van der Waals surface area contributed by atoms with Gasteiger partial charge in [-0.25, -0.2) is 0 Å². The van der Waals surface area contributed by atoms with Gasteiger partial charge in [0.05, 0.1) is 40.7 Å². The topological polar surface area (TPSA) is 112 Å². The maximum Gasteiger partial charge on any atom is 0.224 e. The van der Waals surface area contributed by atoms with Gasteiger partial charge in [-0.05, 0) is 42.8 Å². The lowest BCUT2D eigenvalue weighted by Crippen LogP contribution is -2.10. The van der Waals surface area contributed by atoms with Crippen molar-refractivity contribution >= 4 is 33.4 Å². The highest BCUT2D eigenvalue weighted by molar-refractivity contribution is 6.01. The smallest absolute Gasteiger partial charge is 0.224 e. The zero-order chi connectivity index (χ0) is 24.5. The molecule has 0 unspecified atom stereocenters. The summed E-state index contributed by atoms with van der Waals surface area (Å²) in [5, 5.41) is 12.6. The van der Waals surface area contributed by atoms with Gasteiger partial charge in [-0.3, -0.25) is 24.8 Å². The number of hydrogen-bond acceptors (Lipinski definition) is 5. The van der Waals surface area contributed by atoms with Crippen molar-refractivity contribution in [3.8, 4) is 33.9 Å². The first-order chi connectivity index (χ1) is 17.7. The van der Waals surface area contributed by atoms with Crippen molar-refractivity contribution in [1.29, 1.82) is 0 Å². The van der Waals surface area contributed by atoms with Gasteiger partial charge in [0.25, 0.3) is 0 Å². The number of anilines is 1. The molecule has 1 amide bonds. The van der Waals surface area contributed by atoms with Gasteiger partial charge in [0.15, 0.2) is 0 Å². The molecule has 6 rings (SSSR count). The summed E-state index contributed by atoms with van der Waals surface area (Å²) in [5.41, 5.74) is 7.74. The number of carbonyl (C=O) groups is 1. The zero-order valence-electron chi connectivity index (χ0n) is 19.6. The van der Waals surface area contributed by atoms with Crippen molar-refractivity contribution < 1.29 is 4.79 Å². The number of hydrogen-bond donors (Lipinski definition) is 3. The Morgan fingerprint density at radius 3 is 2.72 bits per heavy atom. The number of pyridine rings is 3. The molecule has 0 saturated heterocycles. The summed E-state index contributed by atoms with van der Waals surface area (Å²) in [6.45, 7) is 1.97. The van der Waals surface area contributed by atoms with E-state index in [1.807, 2.05) is 43.3 Å². The van der Waals surface area contributed by atoms with E-state index in [0.29, 0.717) is 12.1 Å². The van der Waals surface area contributed by atoms with Gasteiger partial charge in [-0.1, -0.05) is 25.1 Å². The predicted octanol–water partition coefficient (Wildman–Crippen LogP) is 5.97. The molecular formula is C28H23N7O. The Hall–Kier alpha value is -4.85. The number of rotatable bonds is 6. The number of nitrogens with one attached hydrogen (secondary N) is 3. The van der Waals surface area contributed by atoms with Gasteiger partial charge >= 0.3 is 0 Å². The van der Waals surface area contributed by atoms with Crippen molar-refractivity contribution in [3.05, 3.63) is 79.4 Å². The molecule has 0 aliphatic heterocycles. The number of benzene rings is 1. The van der Waals surface area contributed by atoms with E-state index in [1.54, 1.807) is 24.8 Å². The summed E-state index contributed by atoms with van der Waals surface area (Å²) in [6, 6.07) is 18.1. The van der Waals surface area contributed by atoms with Crippen LogP contribution in [0.15, 0.2) is 79.4 Å². The third-order valence-electron chi connectivity index (χ3n) is 6.10. The van der Waals surface area contributed by atoms with Gasteiger partial charge in [0.2, 0.25) is 5.91 Å². The first kappa shape index (κ1) is 21.7. The van der Waals surface area contributed by atoms with Crippen LogP contribution in [0.25, 0.3) is 55.7 Å². The Balaban J connectivity index is 1.40. The molecule has 5 heterocycles. The molecular weight excluding hydrogens is 450 g/mol. The van der Waals surface area contributed by atoms with Crippen molar-refractivity contribution in [2.24, 2.45) is 0 Å². The molecule has 176 valence electrons. The van der Waals surface area contributed by atoms with Crippen molar-refractivity contribution in [1.82, 2.24) is 30.1 Å². The standard InChI is InChI=1S/C28H23N7O/c1-2-6-27(36)32-18-11-17(14-29-15-18)24-13-21-26(16-31-24)34-35-28(21)25-12-20-19(7-5-9-23(20)33-25)22-8-3-4-10-30-22/h3-5,7-16,33H,2,6H2,1H3,(H,32,36)(H,34,35). The molecule has 8 heteroatoms. The van der Waals surface area contributed by atoms with Crippen LogP contribution in [0.2, 0.25) is 0 Å². The normalized spacial score (nSPS) is 11.2. The maximum atomic E-state index is 12.0. The van der Waals surface area contributed by atoms with E-state index >= 15 is 0 Å². The molecule has 0 radical (unpaired) electrons. The van der Waals surface area contributed by atoms with E-state index in [2.05, 4.69) is 53.6 Å².